The third kappa shape index (κ3) is 5.71. The zero-order valence-corrected chi connectivity index (χ0v) is 18.4. The van der Waals surface area contributed by atoms with Gasteiger partial charge in [-0.2, -0.15) is 0 Å². The van der Waals surface area contributed by atoms with Crippen LogP contribution in [-0.4, -0.2) is 36.6 Å². The molecule has 0 aromatic heterocycles. The third-order valence-electron chi connectivity index (χ3n) is 6.31. The summed E-state index contributed by atoms with van der Waals surface area (Å²) in [5.41, 5.74) is 2.29. The van der Waals surface area contributed by atoms with Gasteiger partial charge in [0.25, 0.3) is 5.91 Å². The second-order valence-electron chi connectivity index (χ2n) is 8.50. The number of anilines is 1. The lowest BCUT2D eigenvalue weighted by Gasteiger charge is -2.43. The van der Waals surface area contributed by atoms with Crippen LogP contribution in [0, 0.1) is 5.82 Å². The van der Waals surface area contributed by atoms with Crippen LogP contribution in [0.3, 0.4) is 0 Å². The van der Waals surface area contributed by atoms with Crippen molar-refractivity contribution in [2.24, 2.45) is 0 Å². The van der Waals surface area contributed by atoms with Gasteiger partial charge in [-0.3, -0.25) is 4.79 Å². The van der Waals surface area contributed by atoms with Crippen LogP contribution in [0.2, 0.25) is 5.02 Å². The summed E-state index contributed by atoms with van der Waals surface area (Å²) in [7, 11) is 2.36. The van der Waals surface area contributed by atoms with Crippen molar-refractivity contribution in [1.29, 1.82) is 0 Å². The molecule has 3 nitrogen and oxygen atoms in total. The van der Waals surface area contributed by atoms with E-state index in [9.17, 15) is 9.18 Å². The van der Waals surface area contributed by atoms with Gasteiger partial charge in [0.05, 0.1) is 31.2 Å². The minimum Gasteiger partial charge on any atom is -0.322 e. The number of nitrogens with zero attached hydrogens (tertiary/aromatic N) is 1. The van der Waals surface area contributed by atoms with E-state index in [4.69, 9.17) is 11.6 Å². The molecule has 1 aliphatic rings. The van der Waals surface area contributed by atoms with Gasteiger partial charge >= 0.3 is 0 Å². The van der Waals surface area contributed by atoms with Gasteiger partial charge in [-0.05, 0) is 67.7 Å². The van der Waals surface area contributed by atoms with E-state index in [0.29, 0.717) is 11.3 Å². The molecule has 0 spiro atoms. The van der Waals surface area contributed by atoms with Crippen LogP contribution in [0.25, 0.3) is 0 Å². The van der Waals surface area contributed by atoms with E-state index in [1.807, 2.05) is 12.1 Å². The van der Waals surface area contributed by atoms with Gasteiger partial charge < -0.3 is 9.80 Å². The lowest BCUT2D eigenvalue weighted by molar-refractivity contribution is -0.929. The molecular formula is C25H31ClFN2O+. The van der Waals surface area contributed by atoms with E-state index < -0.39 is 5.82 Å². The number of nitrogens with one attached hydrogen (secondary N) is 1. The maximum Gasteiger partial charge on any atom is 0.255 e. The molecule has 160 valence electrons. The highest BCUT2D eigenvalue weighted by molar-refractivity contribution is 6.31. The Kier molecular flexibility index (Phi) is 7.68. The second-order valence-corrected chi connectivity index (χ2v) is 8.90. The first-order valence-corrected chi connectivity index (χ1v) is 11.1. The minimum absolute atomic E-state index is 0.0586. The molecule has 2 aromatic carbocycles. The van der Waals surface area contributed by atoms with Gasteiger partial charge in [0.2, 0.25) is 0 Å². The summed E-state index contributed by atoms with van der Waals surface area (Å²) < 4.78 is 14.3. The zero-order chi connectivity index (χ0) is 21.6. The van der Waals surface area contributed by atoms with Crippen LogP contribution in [-0.2, 0) is 6.42 Å². The van der Waals surface area contributed by atoms with Gasteiger partial charge in [0, 0.05) is 17.7 Å². The zero-order valence-electron chi connectivity index (χ0n) is 17.7. The van der Waals surface area contributed by atoms with Gasteiger partial charge in [-0.1, -0.05) is 36.7 Å². The molecule has 1 unspecified atom stereocenters. The molecule has 1 amide bonds. The molecule has 0 aliphatic heterocycles. The Hall–Kier alpha value is -2.17. The number of hydrogen-bond donors (Lipinski definition) is 1. The number of amides is 1. The Morgan fingerprint density at radius 1 is 1.20 bits per heavy atom. The summed E-state index contributed by atoms with van der Waals surface area (Å²) in [5.74, 6) is -0.843. The minimum atomic E-state index is -0.535. The molecule has 5 heteroatoms. The average molecular weight is 430 g/mol. The lowest BCUT2D eigenvalue weighted by Crippen LogP contribution is -2.54. The highest BCUT2D eigenvalue weighted by Gasteiger charge is 2.32. The number of carbonyl (C=O) groups is 1. The van der Waals surface area contributed by atoms with Gasteiger partial charge in [-0.15, -0.1) is 0 Å². The molecule has 0 bridgehead atoms. The van der Waals surface area contributed by atoms with Crippen LogP contribution in [0.1, 0.15) is 48.0 Å². The number of carbonyl (C=O) groups excluding carboxylic acids is 1. The first kappa shape index (κ1) is 22.5. The van der Waals surface area contributed by atoms with Crippen LogP contribution < -0.4 is 5.32 Å². The molecule has 1 saturated carbocycles. The first-order chi connectivity index (χ1) is 14.4. The van der Waals surface area contributed by atoms with Crippen LogP contribution in [0.5, 0.6) is 0 Å². The first-order valence-electron chi connectivity index (χ1n) is 10.7. The van der Waals surface area contributed by atoms with Gasteiger partial charge in [0.1, 0.15) is 5.82 Å². The van der Waals surface area contributed by atoms with Gasteiger partial charge in [0.15, 0.2) is 0 Å². The Balaban J connectivity index is 1.59. The molecule has 0 heterocycles. The van der Waals surface area contributed by atoms with E-state index in [1.165, 1.54) is 55.9 Å². The molecule has 1 fully saturated rings. The normalized spacial score (nSPS) is 16.6. The number of likely N-dealkylation sites (N-methyl/N-ethyl adjacent to an activating group) is 1. The van der Waals surface area contributed by atoms with Crippen molar-refractivity contribution >= 4 is 23.2 Å². The maximum absolute atomic E-state index is 13.3. The fraction of sp³-hybridized carbons (Fsp3) is 0.400. The molecule has 0 saturated heterocycles. The number of halogens is 2. The summed E-state index contributed by atoms with van der Waals surface area (Å²) in [6.07, 6.45) is 9.69. The quantitative estimate of drug-likeness (QED) is 0.390. The van der Waals surface area contributed by atoms with Crippen molar-refractivity contribution in [3.8, 4) is 0 Å². The molecule has 30 heavy (non-hydrogen) atoms. The van der Waals surface area contributed by atoms with E-state index in [0.717, 1.165) is 30.0 Å². The Morgan fingerprint density at radius 2 is 1.90 bits per heavy atom. The van der Waals surface area contributed by atoms with Crippen LogP contribution in [0.15, 0.2) is 55.1 Å². The average Bonchev–Trinajstić information content (AvgIpc) is 2.76. The van der Waals surface area contributed by atoms with E-state index >= 15 is 0 Å². The van der Waals surface area contributed by atoms with E-state index in [1.54, 1.807) is 0 Å². The second kappa shape index (κ2) is 10.2. The summed E-state index contributed by atoms with van der Waals surface area (Å²) in [4.78, 5) is 12.4. The standard InChI is InChI=1S/C25H30ClFN2O/c1-3-16-29(2,22-7-5-4-6-8-22)17-15-19-9-12-21(13-10-19)28-25(30)20-11-14-24(27)23(26)18-20/h3,9-14,18,22H,1,4-8,15-17H2,2H3/p+1. The predicted octanol–water partition coefficient (Wildman–Crippen LogP) is 6.24. The molecule has 2 aromatic rings. The fourth-order valence-electron chi connectivity index (χ4n) is 4.40. The molecule has 0 radical (unpaired) electrons. The number of hydrogen-bond acceptors (Lipinski definition) is 1. The van der Waals surface area contributed by atoms with Crippen molar-refractivity contribution in [2.75, 3.05) is 25.5 Å². The Bertz CT molecular complexity index is 877. The smallest absolute Gasteiger partial charge is 0.255 e. The van der Waals surface area contributed by atoms with Crippen LogP contribution in [0.4, 0.5) is 10.1 Å². The van der Waals surface area contributed by atoms with Crippen molar-refractivity contribution in [3.63, 3.8) is 0 Å². The van der Waals surface area contributed by atoms with Crippen molar-refractivity contribution < 1.29 is 13.7 Å². The fourth-order valence-corrected chi connectivity index (χ4v) is 4.58. The lowest BCUT2D eigenvalue weighted by atomic mass is 9.92. The number of rotatable bonds is 8. The number of benzene rings is 2. The predicted molar refractivity (Wildman–Crippen MR) is 122 cm³/mol. The monoisotopic (exact) mass is 429 g/mol. The van der Waals surface area contributed by atoms with Crippen molar-refractivity contribution in [2.45, 2.75) is 44.6 Å². The summed E-state index contributed by atoms with van der Waals surface area (Å²) >= 11 is 5.77. The summed E-state index contributed by atoms with van der Waals surface area (Å²) in [5, 5.41) is 2.78. The largest absolute Gasteiger partial charge is 0.322 e. The van der Waals surface area contributed by atoms with Crippen LogP contribution >= 0.6 is 11.6 Å². The summed E-state index contributed by atoms with van der Waals surface area (Å²) in [6, 6.07) is 12.6. The van der Waals surface area contributed by atoms with Crippen molar-refractivity contribution in [1.82, 2.24) is 0 Å². The van der Waals surface area contributed by atoms with E-state index in [2.05, 4.69) is 37.2 Å². The Morgan fingerprint density at radius 3 is 2.53 bits per heavy atom. The van der Waals surface area contributed by atoms with E-state index in [-0.39, 0.29) is 10.9 Å². The highest BCUT2D eigenvalue weighted by atomic mass is 35.5. The molecule has 1 N–H and O–H groups in total. The highest BCUT2D eigenvalue weighted by Crippen LogP contribution is 2.28. The SMILES string of the molecule is C=CC[N+](C)(CCc1ccc(NC(=O)c2ccc(F)c(Cl)c2)cc1)C1CCCCC1. The topological polar surface area (TPSA) is 29.1 Å². The maximum atomic E-state index is 13.3. The van der Waals surface area contributed by atoms with Gasteiger partial charge in [-0.25, -0.2) is 4.39 Å². The van der Waals surface area contributed by atoms with Crippen molar-refractivity contribution in [3.05, 3.63) is 77.1 Å². The molecule has 1 atom stereocenters. The molecular weight excluding hydrogens is 399 g/mol. The molecule has 3 rings (SSSR count). The Labute approximate surface area is 184 Å². The third-order valence-corrected chi connectivity index (χ3v) is 6.60. The number of quaternary nitrogens is 1. The summed E-state index contributed by atoms with van der Waals surface area (Å²) in [6.45, 7) is 6.06. The molecule has 1 aliphatic carbocycles.